The minimum Gasteiger partial charge on any atom is -0.462 e. The molecule has 94 valence electrons. The zero-order valence-corrected chi connectivity index (χ0v) is 10.5. The molecule has 0 bridgehead atoms. The van der Waals surface area contributed by atoms with Crippen LogP contribution in [0.25, 0.3) is 5.69 Å². The van der Waals surface area contributed by atoms with E-state index < -0.39 is 0 Å². The summed E-state index contributed by atoms with van der Waals surface area (Å²) >= 11 is 0. The lowest BCUT2D eigenvalue weighted by molar-refractivity contribution is 0.0525. The van der Waals surface area contributed by atoms with Crippen LogP contribution in [0.5, 0.6) is 0 Å². The van der Waals surface area contributed by atoms with E-state index in [-0.39, 0.29) is 5.97 Å². The monoisotopic (exact) mass is 244 g/mol. The summed E-state index contributed by atoms with van der Waals surface area (Å²) in [7, 11) is 0. The lowest BCUT2D eigenvalue weighted by Gasteiger charge is -2.09. The Bertz CT molecular complexity index is 559. The zero-order valence-electron chi connectivity index (χ0n) is 10.5. The largest absolute Gasteiger partial charge is 0.462 e. The lowest BCUT2D eigenvalue weighted by atomic mass is 10.2. The Balaban J connectivity index is 2.48. The number of anilines is 1. The Morgan fingerprint density at radius 3 is 2.61 bits per heavy atom. The van der Waals surface area contributed by atoms with Gasteiger partial charge in [0.15, 0.2) is 0 Å². The van der Waals surface area contributed by atoms with E-state index in [1.54, 1.807) is 13.0 Å². The fraction of sp³-hybridized carbons (Fsp3) is 0.214. The second-order valence-corrected chi connectivity index (χ2v) is 3.96. The maximum absolute atomic E-state index is 11.8. The predicted molar refractivity (Wildman–Crippen MR) is 70.9 cm³/mol. The zero-order chi connectivity index (χ0) is 13.1. The molecule has 0 aliphatic rings. The van der Waals surface area contributed by atoms with Crippen molar-refractivity contribution in [2.75, 3.05) is 12.3 Å². The van der Waals surface area contributed by atoms with Gasteiger partial charge in [0.05, 0.1) is 12.2 Å². The van der Waals surface area contributed by atoms with E-state index in [1.807, 2.05) is 41.8 Å². The van der Waals surface area contributed by atoms with Gasteiger partial charge in [-0.2, -0.15) is 0 Å². The van der Waals surface area contributed by atoms with Crippen molar-refractivity contribution in [3.63, 3.8) is 0 Å². The van der Waals surface area contributed by atoms with Gasteiger partial charge in [-0.25, -0.2) is 4.79 Å². The summed E-state index contributed by atoms with van der Waals surface area (Å²) in [4.78, 5) is 11.8. The normalized spacial score (nSPS) is 10.3. The number of para-hydroxylation sites is 1. The molecule has 2 aromatic rings. The summed E-state index contributed by atoms with van der Waals surface area (Å²) in [6.45, 7) is 4.00. The van der Waals surface area contributed by atoms with Gasteiger partial charge in [0.1, 0.15) is 5.82 Å². The van der Waals surface area contributed by atoms with Gasteiger partial charge in [0.25, 0.3) is 0 Å². The number of hydrogen-bond acceptors (Lipinski definition) is 3. The molecule has 0 radical (unpaired) electrons. The summed E-state index contributed by atoms with van der Waals surface area (Å²) in [5.41, 5.74) is 8.20. The molecule has 4 heteroatoms. The third kappa shape index (κ3) is 2.09. The summed E-state index contributed by atoms with van der Waals surface area (Å²) in [6.07, 6.45) is 0. The van der Waals surface area contributed by atoms with E-state index in [0.29, 0.717) is 18.0 Å². The minimum absolute atomic E-state index is 0.337. The summed E-state index contributed by atoms with van der Waals surface area (Å²) in [5, 5.41) is 0. The van der Waals surface area contributed by atoms with Crippen LogP contribution in [0, 0.1) is 6.92 Å². The number of nitrogens with two attached hydrogens (primary N) is 1. The number of rotatable bonds is 3. The fourth-order valence-electron chi connectivity index (χ4n) is 1.97. The summed E-state index contributed by atoms with van der Waals surface area (Å²) in [5.74, 6) is 0.193. The Morgan fingerprint density at radius 1 is 1.33 bits per heavy atom. The smallest absolute Gasteiger partial charge is 0.340 e. The van der Waals surface area contributed by atoms with Crippen LogP contribution < -0.4 is 5.73 Å². The number of benzene rings is 1. The van der Waals surface area contributed by atoms with Crippen LogP contribution in [0.1, 0.15) is 23.0 Å². The Hall–Kier alpha value is -2.23. The van der Waals surface area contributed by atoms with Crippen LogP contribution in [0.3, 0.4) is 0 Å². The van der Waals surface area contributed by atoms with Crippen LogP contribution in [-0.4, -0.2) is 17.1 Å². The molecule has 2 rings (SSSR count). The molecule has 0 unspecified atom stereocenters. The van der Waals surface area contributed by atoms with Gasteiger partial charge in [-0.05, 0) is 32.0 Å². The van der Waals surface area contributed by atoms with Crippen LogP contribution in [0.4, 0.5) is 5.82 Å². The maximum Gasteiger partial charge on any atom is 0.340 e. The Labute approximate surface area is 106 Å². The van der Waals surface area contributed by atoms with E-state index in [4.69, 9.17) is 10.5 Å². The first kappa shape index (κ1) is 12.2. The number of esters is 1. The quantitative estimate of drug-likeness (QED) is 0.844. The van der Waals surface area contributed by atoms with Crippen molar-refractivity contribution in [3.05, 3.63) is 47.7 Å². The summed E-state index contributed by atoms with van der Waals surface area (Å²) in [6, 6.07) is 11.3. The molecular formula is C14H16N2O2. The summed E-state index contributed by atoms with van der Waals surface area (Å²) < 4.78 is 6.84. The fourth-order valence-corrected chi connectivity index (χ4v) is 1.97. The molecule has 1 heterocycles. The molecule has 1 aromatic carbocycles. The first-order valence-corrected chi connectivity index (χ1v) is 5.85. The van der Waals surface area contributed by atoms with Gasteiger partial charge < -0.3 is 15.0 Å². The second-order valence-electron chi connectivity index (χ2n) is 3.96. The van der Waals surface area contributed by atoms with Crippen LogP contribution in [-0.2, 0) is 4.74 Å². The van der Waals surface area contributed by atoms with Gasteiger partial charge in [0.2, 0.25) is 0 Å². The lowest BCUT2D eigenvalue weighted by Crippen LogP contribution is -2.07. The van der Waals surface area contributed by atoms with Crippen molar-refractivity contribution in [1.29, 1.82) is 0 Å². The van der Waals surface area contributed by atoms with Crippen LogP contribution in [0.2, 0.25) is 0 Å². The van der Waals surface area contributed by atoms with Gasteiger partial charge in [-0.3, -0.25) is 0 Å². The SMILES string of the molecule is CCOC(=O)c1cc(N)n(-c2ccccc2)c1C. The highest BCUT2D eigenvalue weighted by atomic mass is 16.5. The van der Waals surface area contributed by atoms with E-state index in [9.17, 15) is 4.79 Å². The Kier molecular flexibility index (Phi) is 3.37. The molecule has 18 heavy (non-hydrogen) atoms. The number of aromatic nitrogens is 1. The molecule has 0 saturated carbocycles. The van der Waals surface area contributed by atoms with Crippen molar-refractivity contribution in [3.8, 4) is 5.69 Å². The number of carbonyl (C=O) groups excluding carboxylic acids is 1. The standard InChI is InChI=1S/C14H16N2O2/c1-3-18-14(17)12-9-13(15)16(10(12)2)11-7-5-4-6-8-11/h4-9H,3,15H2,1-2H3. The number of carbonyl (C=O) groups is 1. The topological polar surface area (TPSA) is 57.2 Å². The number of hydrogen-bond donors (Lipinski definition) is 1. The van der Waals surface area contributed by atoms with Crippen molar-refractivity contribution in [1.82, 2.24) is 4.57 Å². The van der Waals surface area contributed by atoms with Crippen molar-refractivity contribution in [2.24, 2.45) is 0 Å². The van der Waals surface area contributed by atoms with Crippen LogP contribution >= 0.6 is 0 Å². The first-order valence-electron chi connectivity index (χ1n) is 5.85. The first-order chi connectivity index (χ1) is 8.65. The van der Waals surface area contributed by atoms with E-state index in [2.05, 4.69) is 0 Å². The molecule has 0 spiro atoms. The molecule has 0 aliphatic heterocycles. The number of ether oxygens (including phenoxy) is 1. The minimum atomic E-state index is -0.337. The highest BCUT2D eigenvalue weighted by Crippen LogP contribution is 2.23. The predicted octanol–water partition coefficient (Wildman–Crippen LogP) is 2.54. The second kappa shape index (κ2) is 4.96. The molecule has 0 fully saturated rings. The highest BCUT2D eigenvalue weighted by Gasteiger charge is 2.17. The molecule has 4 nitrogen and oxygen atoms in total. The number of nitrogens with zero attached hydrogens (tertiary/aromatic N) is 1. The third-order valence-electron chi connectivity index (χ3n) is 2.79. The van der Waals surface area contributed by atoms with Gasteiger partial charge in [-0.15, -0.1) is 0 Å². The highest BCUT2D eigenvalue weighted by molar-refractivity contribution is 5.92. The average molecular weight is 244 g/mol. The van der Waals surface area contributed by atoms with Gasteiger partial charge in [0, 0.05) is 11.4 Å². The van der Waals surface area contributed by atoms with E-state index in [0.717, 1.165) is 11.4 Å². The molecule has 0 saturated heterocycles. The van der Waals surface area contributed by atoms with Crippen molar-refractivity contribution >= 4 is 11.8 Å². The van der Waals surface area contributed by atoms with Crippen molar-refractivity contribution < 1.29 is 9.53 Å². The van der Waals surface area contributed by atoms with Gasteiger partial charge >= 0.3 is 5.97 Å². The number of nitrogen functional groups attached to an aromatic ring is 1. The van der Waals surface area contributed by atoms with Crippen molar-refractivity contribution in [2.45, 2.75) is 13.8 Å². The van der Waals surface area contributed by atoms with Gasteiger partial charge in [-0.1, -0.05) is 18.2 Å². The molecule has 0 amide bonds. The van der Waals surface area contributed by atoms with E-state index in [1.165, 1.54) is 0 Å². The maximum atomic E-state index is 11.8. The average Bonchev–Trinajstić information content (AvgIpc) is 2.66. The molecule has 0 aliphatic carbocycles. The van der Waals surface area contributed by atoms with E-state index >= 15 is 0 Å². The Morgan fingerprint density at radius 2 is 2.00 bits per heavy atom. The molecule has 2 N–H and O–H groups in total. The van der Waals surface area contributed by atoms with Crippen LogP contribution in [0.15, 0.2) is 36.4 Å². The molecule has 1 aromatic heterocycles. The molecular weight excluding hydrogens is 228 g/mol. The third-order valence-corrected chi connectivity index (χ3v) is 2.79. The molecule has 0 atom stereocenters.